The first-order chi connectivity index (χ1) is 14.7. The van der Waals surface area contributed by atoms with Crippen LogP contribution in [0.1, 0.15) is 55.8 Å². The van der Waals surface area contributed by atoms with Crippen molar-refractivity contribution in [2.75, 3.05) is 20.2 Å². The Hall–Kier alpha value is -2.40. The van der Waals surface area contributed by atoms with Gasteiger partial charge in [0.2, 0.25) is 5.91 Å². The number of carbonyl (C=O) groups is 1. The molecule has 4 rings (SSSR count). The molecular weight excluding hydrogens is 374 g/mol. The molecule has 2 aromatic rings. The van der Waals surface area contributed by atoms with Crippen molar-refractivity contribution in [1.82, 2.24) is 15.2 Å². The van der Waals surface area contributed by atoms with Crippen molar-refractivity contribution in [1.29, 1.82) is 0 Å². The molecule has 30 heavy (non-hydrogen) atoms. The van der Waals surface area contributed by atoms with Gasteiger partial charge in [-0.3, -0.25) is 14.7 Å². The number of benzene rings is 1. The highest BCUT2D eigenvalue weighted by Gasteiger charge is 2.33. The fourth-order valence-electron chi connectivity index (χ4n) is 5.03. The van der Waals surface area contributed by atoms with Crippen LogP contribution in [0.3, 0.4) is 0 Å². The molecule has 1 saturated carbocycles. The predicted molar refractivity (Wildman–Crippen MR) is 118 cm³/mol. The maximum absolute atomic E-state index is 13.0. The van der Waals surface area contributed by atoms with E-state index >= 15 is 0 Å². The molecule has 5 heteroatoms. The molecule has 1 aromatic heterocycles. The summed E-state index contributed by atoms with van der Waals surface area (Å²) in [5.74, 6) is 1.68. The first kappa shape index (κ1) is 20.9. The van der Waals surface area contributed by atoms with E-state index in [2.05, 4.69) is 33.4 Å². The van der Waals surface area contributed by atoms with Crippen molar-refractivity contribution in [2.45, 2.75) is 51.1 Å². The number of ether oxygens (including phenoxy) is 1. The molecule has 5 nitrogen and oxygen atoms in total. The molecule has 0 radical (unpaired) electrons. The van der Waals surface area contributed by atoms with E-state index in [1.54, 1.807) is 7.11 Å². The van der Waals surface area contributed by atoms with Crippen molar-refractivity contribution >= 4 is 5.91 Å². The topological polar surface area (TPSA) is 54.5 Å². The molecule has 1 aliphatic heterocycles. The number of carbonyl (C=O) groups excluding carboxylic acids is 1. The van der Waals surface area contributed by atoms with Crippen LogP contribution in [0.4, 0.5) is 0 Å². The van der Waals surface area contributed by atoms with E-state index in [0.29, 0.717) is 5.92 Å². The van der Waals surface area contributed by atoms with Crippen LogP contribution in [-0.4, -0.2) is 36.0 Å². The van der Waals surface area contributed by atoms with Crippen molar-refractivity contribution in [3.05, 3.63) is 59.9 Å². The van der Waals surface area contributed by atoms with Gasteiger partial charge in [0.1, 0.15) is 5.75 Å². The smallest absolute Gasteiger partial charge is 0.223 e. The van der Waals surface area contributed by atoms with Crippen LogP contribution in [-0.2, 0) is 11.3 Å². The van der Waals surface area contributed by atoms with Gasteiger partial charge in [-0.25, -0.2) is 0 Å². The van der Waals surface area contributed by atoms with Gasteiger partial charge in [0.05, 0.1) is 18.8 Å². The molecule has 0 spiro atoms. The summed E-state index contributed by atoms with van der Waals surface area (Å²) in [5, 5.41) is 3.40. The van der Waals surface area contributed by atoms with Gasteiger partial charge in [0, 0.05) is 30.8 Å². The predicted octanol–water partition coefficient (Wildman–Crippen LogP) is 4.35. The standard InChI is InChI=1S/C25H33N3O2/c1-30-23-14-5-4-11-20(23)17-28-16-8-12-21(18-28)24(22-13-6-7-15-26-22)27-25(29)19-9-2-3-10-19/h4-7,11,13-15,19,21,24H,2-3,8-10,12,16-18H2,1H3,(H,27,29)/t21-,24+/m0/s1. The number of aromatic nitrogens is 1. The Morgan fingerprint density at radius 3 is 2.70 bits per heavy atom. The number of hydrogen-bond donors (Lipinski definition) is 1. The first-order valence-corrected chi connectivity index (χ1v) is 11.3. The van der Waals surface area contributed by atoms with Crippen LogP contribution >= 0.6 is 0 Å². The zero-order chi connectivity index (χ0) is 20.8. The monoisotopic (exact) mass is 407 g/mol. The van der Waals surface area contributed by atoms with Gasteiger partial charge in [0.15, 0.2) is 0 Å². The molecule has 2 atom stereocenters. The van der Waals surface area contributed by atoms with Gasteiger partial charge in [-0.05, 0) is 56.3 Å². The number of methoxy groups -OCH3 is 1. The molecule has 1 aromatic carbocycles. The van der Waals surface area contributed by atoms with E-state index < -0.39 is 0 Å². The van der Waals surface area contributed by atoms with Crippen molar-refractivity contribution in [3.63, 3.8) is 0 Å². The lowest BCUT2D eigenvalue weighted by molar-refractivity contribution is -0.126. The third-order valence-corrected chi connectivity index (χ3v) is 6.63. The van der Waals surface area contributed by atoms with Gasteiger partial charge < -0.3 is 10.1 Å². The van der Waals surface area contributed by atoms with Gasteiger partial charge in [-0.2, -0.15) is 0 Å². The molecule has 0 unspecified atom stereocenters. The van der Waals surface area contributed by atoms with Crippen molar-refractivity contribution < 1.29 is 9.53 Å². The molecule has 0 bridgehead atoms. The number of hydrogen-bond acceptors (Lipinski definition) is 4. The molecule has 1 saturated heterocycles. The second-order valence-corrected chi connectivity index (χ2v) is 8.67. The minimum absolute atomic E-state index is 0.0280. The summed E-state index contributed by atoms with van der Waals surface area (Å²) in [5.41, 5.74) is 2.19. The number of nitrogens with zero attached hydrogens (tertiary/aromatic N) is 2. The Morgan fingerprint density at radius 2 is 1.93 bits per heavy atom. The fourth-order valence-corrected chi connectivity index (χ4v) is 5.03. The number of amides is 1. The van der Waals surface area contributed by atoms with Crippen LogP contribution in [0.25, 0.3) is 0 Å². The molecule has 1 aliphatic carbocycles. The van der Waals surface area contributed by atoms with Gasteiger partial charge in [-0.1, -0.05) is 37.1 Å². The fraction of sp³-hybridized carbons (Fsp3) is 0.520. The highest BCUT2D eigenvalue weighted by atomic mass is 16.5. The average Bonchev–Trinajstić information content (AvgIpc) is 3.34. The van der Waals surface area contributed by atoms with E-state index in [1.807, 2.05) is 30.5 Å². The second-order valence-electron chi connectivity index (χ2n) is 8.67. The van der Waals surface area contributed by atoms with Crippen molar-refractivity contribution in [3.8, 4) is 5.75 Å². The molecule has 2 heterocycles. The lowest BCUT2D eigenvalue weighted by Gasteiger charge is -2.37. The van der Waals surface area contributed by atoms with Gasteiger partial charge >= 0.3 is 0 Å². The Bertz CT molecular complexity index is 820. The van der Waals surface area contributed by atoms with Crippen LogP contribution in [0.5, 0.6) is 5.75 Å². The largest absolute Gasteiger partial charge is 0.496 e. The van der Waals surface area contributed by atoms with E-state index in [-0.39, 0.29) is 17.9 Å². The average molecular weight is 408 g/mol. The summed E-state index contributed by atoms with van der Waals surface area (Å²) in [6.45, 7) is 2.89. The summed E-state index contributed by atoms with van der Waals surface area (Å²) in [7, 11) is 1.73. The molecule has 160 valence electrons. The van der Waals surface area contributed by atoms with Crippen LogP contribution in [0.2, 0.25) is 0 Å². The van der Waals surface area contributed by atoms with E-state index in [1.165, 1.54) is 18.4 Å². The molecule has 1 N–H and O–H groups in total. The maximum Gasteiger partial charge on any atom is 0.223 e. The third-order valence-electron chi connectivity index (χ3n) is 6.63. The highest BCUT2D eigenvalue weighted by Crippen LogP contribution is 2.32. The molecule has 2 aliphatic rings. The summed E-state index contributed by atoms with van der Waals surface area (Å²) in [6, 6.07) is 14.2. The molecular formula is C25H33N3O2. The summed E-state index contributed by atoms with van der Waals surface area (Å²) in [4.78, 5) is 20.1. The first-order valence-electron chi connectivity index (χ1n) is 11.3. The quantitative estimate of drug-likeness (QED) is 0.741. The SMILES string of the molecule is COc1ccccc1CN1CCC[C@H]([C@@H](NC(=O)C2CCCC2)c2ccccn2)C1. The molecule has 1 amide bonds. The third kappa shape index (κ3) is 5.01. The van der Waals surface area contributed by atoms with Gasteiger partial charge in [0.25, 0.3) is 0 Å². The number of rotatable bonds is 7. The van der Waals surface area contributed by atoms with E-state index in [4.69, 9.17) is 4.74 Å². The zero-order valence-corrected chi connectivity index (χ0v) is 17.9. The number of para-hydroxylation sites is 1. The zero-order valence-electron chi connectivity index (χ0n) is 17.9. The Kier molecular flexibility index (Phi) is 7.00. The number of pyridine rings is 1. The van der Waals surface area contributed by atoms with Crippen LogP contribution < -0.4 is 10.1 Å². The number of piperidine rings is 1. The highest BCUT2D eigenvalue weighted by molar-refractivity contribution is 5.79. The maximum atomic E-state index is 13.0. The number of nitrogens with one attached hydrogen (secondary N) is 1. The van der Waals surface area contributed by atoms with Gasteiger partial charge in [-0.15, -0.1) is 0 Å². The Balaban J connectivity index is 1.49. The van der Waals surface area contributed by atoms with Crippen molar-refractivity contribution in [2.24, 2.45) is 11.8 Å². The summed E-state index contributed by atoms with van der Waals surface area (Å²) >= 11 is 0. The Morgan fingerprint density at radius 1 is 1.13 bits per heavy atom. The van der Waals surface area contributed by atoms with E-state index in [9.17, 15) is 4.79 Å². The lowest BCUT2D eigenvalue weighted by Crippen LogP contribution is -2.44. The second kappa shape index (κ2) is 10.1. The summed E-state index contributed by atoms with van der Waals surface area (Å²) in [6.07, 6.45) is 8.44. The minimum atomic E-state index is -0.0280. The minimum Gasteiger partial charge on any atom is -0.496 e. The summed E-state index contributed by atoms with van der Waals surface area (Å²) < 4.78 is 5.55. The molecule has 2 fully saturated rings. The Labute approximate surface area is 179 Å². The lowest BCUT2D eigenvalue weighted by atomic mass is 9.87. The normalized spacial score (nSPS) is 21.3. The van der Waals surface area contributed by atoms with Crippen LogP contribution in [0.15, 0.2) is 48.7 Å². The number of likely N-dealkylation sites (tertiary alicyclic amines) is 1. The van der Waals surface area contributed by atoms with E-state index in [0.717, 1.165) is 56.8 Å². The van der Waals surface area contributed by atoms with Crippen LogP contribution in [0, 0.1) is 11.8 Å².